The number of ether oxygens (including phenoxy) is 1. The molecule has 4 rings (SSSR count). The Morgan fingerprint density at radius 1 is 1.42 bits per heavy atom. The summed E-state index contributed by atoms with van der Waals surface area (Å²) in [6.07, 6.45) is 5.06. The predicted molar refractivity (Wildman–Crippen MR) is 96.3 cm³/mol. The Labute approximate surface area is 147 Å². The molecule has 2 atom stereocenters. The highest BCUT2D eigenvalue weighted by Gasteiger charge is 2.43. The smallest absolute Gasteiger partial charge is 0.126 e. The Morgan fingerprint density at radius 2 is 2.38 bits per heavy atom. The highest BCUT2D eigenvalue weighted by molar-refractivity contribution is 7.09. The van der Waals surface area contributed by atoms with Crippen molar-refractivity contribution in [3.05, 3.63) is 40.5 Å². The first-order valence-electron chi connectivity index (χ1n) is 8.65. The van der Waals surface area contributed by atoms with Gasteiger partial charge >= 0.3 is 0 Å². The van der Waals surface area contributed by atoms with E-state index < -0.39 is 0 Å². The summed E-state index contributed by atoms with van der Waals surface area (Å²) in [6, 6.07) is 6.46. The van der Waals surface area contributed by atoms with E-state index in [1.165, 1.54) is 10.6 Å². The fourth-order valence-electron chi connectivity index (χ4n) is 3.84. The number of rotatable bonds is 4. The monoisotopic (exact) mass is 344 g/mol. The maximum atomic E-state index is 6.26. The normalized spacial score (nSPS) is 27.6. The average Bonchev–Trinajstić information content (AvgIpc) is 3.16. The molecule has 128 valence electrons. The molecule has 2 aliphatic heterocycles. The lowest BCUT2D eigenvalue weighted by atomic mass is 9.89. The van der Waals surface area contributed by atoms with Crippen LogP contribution in [0.25, 0.3) is 0 Å². The minimum Gasteiger partial charge on any atom is -0.373 e. The molecule has 0 amide bonds. The van der Waals surface area contributed by atoms with Crippen molar-refractivity contribution >= 4 is 17.2 Å². The van der Waals surface area contributed by atoms with Gasteiger partial charge in [-0.05, 0) is 38.3 Å². The third-order valence-electron chi connectivity index (χ3n) is 5.12. The van der Waals surface area contributed by atoms with Crippen molar-refractivity contribution in [2.24, 2.45) is 0 Å². The van der Waals surface area contributed by atoms with Gasteiger partial charge in [0.15, 0.2) is 0 Å². The van der Waals surface area contributed by atoms with Crippen molar-refractivity contribution in [1.82, 2.24) is 14.9 Å². The van der Waals surface area contributed by atoms with E-state index in [1.54, 1.807) is 11.3 Å². The zero-order chi connectivity index (χ0) is 16.4. The molecule has 2 fully saturated rings. The maximum absolute atomic E-state index is 6.26. The van der Waals surface area contributed by atoms with Gasteiger partial charge in [0.2, 0.25) is 0 Å². The molecule has 0 radical (unpaired) electrons. The van der Waals surface area contributed by atoms with Crippen LogP contribution in [0.2, 0.25) is 0 Å². The number of anilines is 1. The second-order valence-electron chi connectivity index (χ2n) is 6.90. The van der Waals surface area contributed by atoms with Crippen LogP contribution in [-0.4, -0.2) is 46.2 Å². The van der Waals surface area contributed by atoms with E-state index in [4.69, 9.17) is 4.74 Å². The van der Waals surface area contributed by atoms with Gasteiger partial charge in [0.25, 0.3) is 0 Å². The van der Waals surface area contributed by atoms with Crippen molar-refractivity contribution < 1.29 is 4.74 Å². The van der Waals surface area contributed by atoms with Gasteiger partial charge in [-0.15, -0.1) is 11.3 Å². The van der Waals surface area contributed by atoms with Crippen molar-refractivity contribution in [2.45, 2.75) is 44.4 Å². The first-order chi connectivity index (χ1) is 11.7. The molecule has 2 aromatic heterocycles. The second-order valence-corrected chi connectivity index (χ2v) is 7.84. The molecular weight excluding hydrogens is 320 g/mol. The molecule has 0 bridgehead atoms. The van der Waals surface area contributed by atoms with Crippen LogP contribution in [-0.2, 0) is 11.3 Å². The SMILES string of the molecule is Cc1ncsc1CN1CC[C@]2(C[C@@H](Nc3ccccn3)CCO2)C1. The molecule has 0 saturated carbocycles. The molecule has 1 N–H and O–H groups in total. The Kier molecular flexibility index (Phi) is 4.52. The number of nitrogens with one attached hydrogen (secondary N) is 1. The number of nitrogens with zero attached hydrogens (tertiary/aromatic N) is 3. The topological polar surface area (TPSA) is 50.3 Å². The van der Waals surface area contributed by atoms with Crippen molar-refractivity contribution in [3.8, 4) is 0 Å². The number of likely N-dealkylation sites (tertiary alicyclic amines) is 1. The maximum Gasteiger partial charge on any atom is 0.126 e. The molecule has 6 heteroatoms. The quantitative estimate of drug-likeness (QED) is 0.924. The summed E-state index contributed by atoms with van der Waals surface area (Å²) >= 11 is 1.76. The third-order valence-corrected chi connectivity index (χ3v) is 6.04. The number of aryl methyl sites for hydroxylation is 1. The van der Waals surface area contributed by atoms with E-state index in [0.29, 0.717) is 6.04 Å². The number of thiazole rings is 1. The fourth-order valence-corrected chi connectivity index (χ4v) is 4.65. The van der Waals surface area contributed by atoms with Crippen LogP contribution < -0.4 is 5.32 Å². The Morgan fingerprint density at radius 3 is 3.17 bits per heavy atom. The van der Waals surface area contributed by atoms with E-state index in [2.05, 4.69) is 27.1 Å². The second kappa shape index (κ2) is 6.78. The van der Waals surface area contributed by atoms with Crippen LogP contribution in [0.1, 0.15) is 29.8 Å². The van der Waals surface area contributed by atoms with Gasteiger partial charge in [0.1, 0.15) is 5.82 Å². The van der Waals surface area contributed by atoms with Gasteiger partial charge in [0.05, 0.1) is 16.8 Å². The van der Waals surface area contributed by atoms with Gasteiger partial charge in [-0.2, -0.15) is 0 Å². The summed E-state index contributed by atoms with van der Waals surface area (Å²) in [6.45, 7) is 6.05. The van der Waals surface area contributed by atoms with E-state index in [0.717, 1.165) is 51.3 Å². The highest BCUT2D eigenvalue weighted by atomic mass is 32.1. The van der Waals surface area contributed by atoms with E-state index >= 15 is 0 Å². The van der Waals surface area contributed by atoms with Crippen molar-refractivity contribution in [3.63, 3.8) is 0 Å². The molecule has 1 spiro atoms. The molecular formula is C18H24N4OS. The minimum atomic E-state index is 0.00326. The molecule has 2 aliphatic rings. The average molecular weight is 344 g/mol. The lowest BCUT2D eigenvalue weighted by Crippen LogP contribution is -2.46. The Balaban J connectivity index is 1.38. The third kappa shape index (κ3) is 3.45. The lowest BCUT2D eigenvalue weighted by molar-refractivity contribution is -0.0737. The zero-order valence-corrected chi connectivity index (χ0v) is 14.9. The largest absolute Gasteiger partial charge is 0.373 e. The summed E-state index contributed by atoms with van der Waals surface area (Å²) in [4.78, 5) is 12.7. The van der Waals surface area contributed by atoms with Crippen LogP contribution in [0, 0.1) is 6.92 Å². The predicted octanol–water partition coefficient (Wildman–Crippen LogP) is 3.08. The van der Waals surface area contributed by atoms with Gasteiger partial charge < -0.3 is 10.1 Å². The summed E-state index contributed by atoms with van der Waals surface area (Å²) in [5.74, 6) is 0.967. The minimum absolute atomic E-state index is 0.00326. The summed E-state index contributed by atoms with van der Waals surface area (Å²) in [5, 5.41) is 3.58. The molecule has 24 heavy (non-hydrogen) atoms. The van der Waals surface area contributed by atoms with Gasteiger partial charge in [-0.1, -0.05) is 6.07 Å². The first-order valence-corrected chi connectivity index (χ1v) is 9.53. The molecule has 0 unspecified atom stereocenters. The van der Waals surface area contributed by atoms with E-state index in [9.17, 15) is 0 Å². The van der Waals surface area contributed by atoms with Crippen LogP contribution >= 0.6 is 11.3 Å². The van der Waals surface area contributed by atoms with E-state index in [1.807, 2.05) is 29.9 Å². The first kappa shape index (κ1) is 16.0. The number of hydrogen-bond donors (Lipinski definition) is 1. The molecule has 2 saturated heterocycles. The number of pyridine rings is 1. The standard InChI is InChI=1S/C18H24N4OS/c1-14-16(24-13-20-14)11-22-8-6-18(12-22)10-15(5-9-23-18)21-17-4-2-3-7-19-17/h2-4,7,13,15H,5-6,8-12H2,1H3,(H,19,21)/t15-,18-/m0/s1. The van der Waals surface area contributed by atoms with Crippen molar-refractivity contribution in [2.75, 3.05) is 25.0 Å². The van der Waals surface area contributed by atoms with Gasteiger partial charge in [-0.3, -0.25) is 4.90 Å². The molecule has 4 heterocycles. The Hall–Kier alpha value is -1.50. The lowest BCUT2D eigenvalue weighted by Gasteiger charge is -2.38. The van der Waals surface area contributed by atoms with Crippen LogP contribution in [0.3, 0.4) is 0 Å². The molecule has 5 nitrogen and oxygen atoms in total. The molecule has 2 aromatic rings. The molecule has 0 aliphatic carbocycles. The zero-order valence-electron chi connectivity index (χ0n) is 14.1. The van der Waals surface area contributed by atoms with Crippen molar-refractivity contribution in [1.29, 1.82) is 0 Å². The molecule has 0 aromatic carbocycles. The number of aromatic nitrogens is 2. The number of hydrogen-bond acceptors (Lipinski definition) is 6. The summed E-state index contributed by atoms with van der Waals surface area (Å²) in [7, 11) is 0. The highest BCUT2D eigenvalue weighted by Crippen LogP contribution is 2.36. The van der Waals surface area contributed by atoms with Crippen LogP contribution in [0.5, 0.6) is 0 Å². The fraction of sp³-hybridized carbons (Fsp3) is 0.556. The van der Waals surface area contributed by atoms with Gasteiger partial charge in [-0.25, -0.2) is 9.97 Å². The van der Waals surface area contributed by atoms with Crippen LogP contribution in [0.15, 0.2) is 29.9 Å². The summed E-state index contributed by atoms with van der Waals surface area (Å²) < 4.78 is 6.26. The summed E-state index contributed by atoms with van der Waals surface area (Å²) in [5.41, 5.74) is 3.11. The van der Waals surface area contributed by atoms with Gasteiger partial charge in [0, 0.05) is 43.4 Å². The van der Waals surface area contributed by atoms with Crippen LogP contribution in [0.4, 0.5) is 5.82 Å². The Bertz CT molecular complexity index is 677. The van der Waals surface area contributed by atoms with E-state index in [-0.39, 0.29) is 5.60 Å².